The van der Waals surface area contributed by atoms with E-state index < -0.39 is 0 Å². The number of nitrogens with one attached hydrogen (secondary N) is 1. The van der Waals surface area contributed by atoms with Crippen LogP contribution in [0.3, 0.4) is 0 Å². The molecule has 1 aliphatic rings. The Hall–Kier alpha value is -1.55. The van der Waals surface area contributed by atoms with Crippen LogP contribution in [0.15, 0.2) is 18.2 Å². The van der Waals surface area contributed by atoms with E-state index in [0.29, 0.717) is 12.1 Å². The smallest absolute Gasteiger partial charge is 0.251 e. The fourth-order valence-corrected chi connectivity index (χ4v) is 2.61. The Labute approximate surface area is 114 Å². The minimum absolute atomic E-state index is 0.0642. The Morgan fingerprint density at radius 3 is 2.58 bits per heavy atom. The minimum atomic E-state index is -0.0642. The molecule has 0 radical (unpaired) electrons. The largest absolute Gasteiger partial charge is 0.508 e. The second-order valence-electron chi connectivity index (χ2n) is 5.65. The number of likely N-dealkylation sites (N-methyl/N-ethyl adjacent to an activating group) is 1. The third-order valence-electron chi connectivity index (χ3n) is 4.27. The van der Waals surface area contributed by atoms with E-state index in [-0.39, 0.29) is 17.2 Å². The highest BCUT2D eigenvalue weighted by Crippen LogP contribution is 2.35. The van der Waals surface area contributed by atoms with Crippen molar-refractivity contribution >= 4 is 5.91 Å². The van der Waals surface area contributed by atoms with E-state index in [0.717, 1.165) is 18.4 Å². The van der Waals surface area contributed by atoms with E-state index in [9.17, 15) is 9.90 Å². The Morgan fingerprint density at radius 1 is 1.42 bits per heavy atom. The van der Waals surface area contributed by atoms with Crippen molar-refractivity contribution in [2.24, 2.45) is 0 Å². The van der Waals surface area contributed by atoms with Crippen molar-refractivity contribution in [1.29, 1.82) is 0 Å². The summed E-state index contributed by atoms with van der Waals surface area (Å²) in [5.41, 5.74) is 1.55. The molecule has 104 valence electrons. The molecule has 0 spiro atoms. The highest BCUT2D eigenvalue weighted by atomic mass is 16.3. The number of aromatic hydroxyl groups is 1. The molecule has 19 heavy (non-hydrogen) atoms. The molecule has 1 aliphatic carbocycles. The number of carbonyl (C=O) groups excluding carboxylic acids is 1. The molecule has 0 atom stereocenters. The van der Waals surface area contributed by atoms with Gasteiger partial charge in [0.25, 0.3) is 5.91 Å². The van der Waals surface area contributed by atoms with Crippen LogP contribution in [0.5, 0.6) is 5.75 Å². The number of hydrogen-bond donors (Lipinski definition) is 2. The number of nitrogens with zero attached hydrogens (tertiary/aromatic N) is 1. The zero-order valence-electron chi connectivity index (χ0n) is 11.9. The lowest BCUT2D eigenvalue weighted by atomic mass is 9.75. The molecule has 0 unspecified atom stereocenters. The van der Waals surface area contributed by atoms with Gasteiger partial charge in [-0.15, -0.1) is 0 Å². The Morgan fingerprint density at radius 2 is 2.11 bits per heavy atom. The number of carbonyl (C=O) groups is 1. The molecule has 0 aromatic heterocycles. The summed E-state index contributed by atoms with van der Waals surface area (Å²) >= 11 is 0. The Balaban J connectivity index is 2.01. The van der Waals surface area contributed by atoms with Crippen LogP contribution in [0.1, 0.15) is 35.2 Å². The maximum Gasteiger partial charge on any atom is 0.251 e. The molecule has 2 rings (SSSR count). The van der Waals surface area contributed by atoms with Gasteiger partial charge >= 0.3 is 0 Å². The molecule has 1 aromatic carbocycles. The van der Waals surface area contributed by atoms with Crippen molar-refractivity contribution in [3.05, 3.63) is 29.3 Å². The number of rotatable bonds is 4. The van der Waals surface area contributed by atoms with E-state index in [4.69, 9.17) is 0 Å². The van der Waals surface area contributed by atoms with Crippen molar-refractivity contribution in [1.82, 2.24) is 10.2 Å². The zero-order chi connectivity index (χ0) is 14.0. The molecule has 1 fully saturated rings. The predicted octanol–water partition coefficient (Wildman–Crippen LogP) is 1.91. The third-order valence-corrected chi connectivity index (χ3v) is 4.27. The van der Waals surface area contributed by atoms with E-state index in [1.165, 1.54) is 6.42 Å². The number of phenols is 1. The molecule has 0 aliphatic heterocycles. The van der Waals surface area contributed by atoms with Gasteiger partial charge in [-0.1, -0.05) is 0 Å². The molecule has 1 saturated carbocycles. The summed E-state index contributed by atoms with van der Waals surface area (Å²) in [6.45, 7) is 2.51. The summed E-state index contributed by atoms with van der Waals surface area (Å²) < 4.78 is 0. The SMILES string of the molecule is Cc1cc(O)ccc1C(=O)NCC1(N(C)C)CCC1. The molecule has 4 nitrogen and oxygen atoms in total. The van der Waals surface area contributed by atoms with E-state index in [1.807, 2.05) is 6.92 Å². The summed E-state index contributed by atoms with van der Waals surface area (Å²) in [5.74, 6) is 0.128. The van der Waals surface area contributed by atoms with Gasteiger partial charge in [-0.2, -0.15) is 0 Å². The van der Waals surface area contributed by atoms with Gasteiger partial charge in [-0.05, 0) is 64.0 Å². The highest BCUT2D eigenvalue weighted by Gasteiger charge is 2.39. The van der Waals surface area contributed by atoms with Crippen molar-refractivity contribution < 1.29 is 9.90 Å². The van der Waals surface area contributed by atoms with Gasteiger partial charge in [0.2, 0.25) is 0 Å². The average Bonchev–Trinajstić information content (AvgIpc) is 2.26. The number of hydrogen-bond acceptors (Lipinski definition) is 3. The van der Waals surface area contributed by atoms with Crippen LogP contribution < -0.4 is 5.32 Å². The number of benzene rings is 1. The van der Waals surface area contributed by atoms with Crippen molar-refractivity contribution in [3.8, 4) is 5.75 Å². The topological polar surface area (TPSA) is 52.6 Å². The first-order valence-electron chi connectivity index (χ1n) is 6.70. The molecule has 4 heteroatoms. The summed E-state index contributed by atoms with van der Waals surface area (Å²) in [5, 5.41) is 12.4. The fourth-order valence-electron chi connectivity index (χ4n) is 2.61. The second kappa shape index (κ2) is 5.21. The van der Waals surface area contributed by atoms with Gasteiger partial charge in [0.05, 0.1) is 0 Å². The normalized spacial score (nSPS) is 17.1. The van der Waals surface area contributed by atoms with Crippen LogP contribution in [0.2, 0.25) is 0 Å². The van der Waals surface area contributed by atoms with Crippen molar-refractivity contribution in [2.45, 2.75) is 31.7 Å². The standard InChI is InChI=1S/C15H22N2O2/c1-11-9-12(18)5-6-13(11)14(19)16-10-15(17(2)3)7-4-8-15/h5-6,9,18H,4,7-8,10H2,1-3H3,(H,16,19). The first-order valence-corrected chi connectivity index (χ1v) is 6.70. The molecule has 0 heterocycles. The highest BCUT2D eigenvalue weighted by molar-refractivity contribution is 5.95. The Kier molecular flexibility index (Phi) is 3.80. The first kappa shape index (κ1) is 13.9. The van der Waals surface area contributed by atoms with E-state index >= 15 is 0 Å². The summed E-state index contributed by atoms with van der Waals surface area (Å²) in [6.07, 6.45) is 3.50. The minimum Gasteiger partial charge on any atom is -0.508 e. The fraction of sp³-hybridized carbons (Fsp3) is 0.533. The third kappa shape index (κ3) is 2.73. The lowest BCUT2D eigenvalue weighted by molar-refractivity contribution is 0.0557. The number of phenolic OH excluding ortho intramolecular Hbond substituents is 1. The lowest BCUT2D eigenvalue weighted by Gasteiger charge is -2.47. The van der Waals surface area contributed by atoms with Gasteiger partial charge in [-0.25, -0.2) is 0 Å². The number of amides is 1. The molecule has 0 bridgehead atoms. The zero-order valence-corrected chi connectivity index (χ0v) is 11.9. The molecule has 2 N–H and O–H groups in total. The summed E-state index contributed by atoms with van der Waals surface area (Å²) in [4.78, 5) is 14.4. The van der Waals surface area contributed by atoms with Crippen molar-refractivity contribution in [3.63, 3.8) is 0 Å². The molecular formula is C15H22N2O2. The van der Waals surface area contributed by atoms with Gasteiger partial charge in [0, 0.05) is 17.6 Å². The van der Waals surface area contributed by atoms with Crippen LogP contribution in [0.25, 0.3) is 0 Å². The van der Waals surface area contributed by atoms with Crippen LogP contribution in [0.4, 0.5) is 0 Å². The van der Waals surface area contributed by atoms with Crippen LogP contribution in [0, 0.1) is 6.92 Å². The first-order chi connectivity index (χ1) is 8.94. The van der Waals surface area contributed by atoms with Gasteiger partial charge in [0.1, 0.15) is 5.75 Å². The molecule has 0 saturated heterocycles. The average molecular weight is 262 g/mol. The maximum atomic E-state index is 12.2. The van der Waals surface area contributed by atoms with Crippen molar-refractivity contribution in [2.75, 3.05) is 20.6 Å². The van der Waals surface area contributed by atoms with Gasteiger partial charge < -0.3 is 15.3 Å². The maximum absolute atomic E-state index is 12.2. The van der Waals surface area contributed by atoms with Crippen LogP contribution >= 0.6 is 0 Å². The van der Waals surface area contributed by atoms with Crippen LogP contribution in [-0.4, -0.2) is 42.1 Å². The van der Waals surface area contributed by atoms with Gasteiger partial charge in [-0.3, -0.25) is 4.79 Å². The quantitative estimate of drug-likeness (QED) is 0.871. The van der Waals surface area contributed by atoms with E-state index in [1.54, 1.807) is 18.2 Å². The van der Waals surface area contributed by atoms with Gasteiger partial charge in [0.15, 0.2) is 0 Å². The predicted molar refractivity (Wildman–Crippen MR) is 75.4 cm³/mol. The van der Waals surface area contributed by atoms with E-state index in [2.05, 4.69) is 24.3 Å². The second-order valence-corrected chi connectivity index (χ2v) is 5.65. The summed E-state index contributed by atoms with van der Waals surface area (Å²) in [7, 11) is 4.13. The Bertz CT molecular complexity index is 479. The number of aryl methyl sites for hydroxylation is 1. The molecular weight excluding hydrogens is 240 g/mol. The lowest BCUT2D eigenvalue weighted by Crippen LogP contribution is -2.57. The summed E-state index contributed by atoms with van der Waals surface area (Å²) in [6, 6.07) is 4.83. The molecule has 1 amide bonds. The monoisotopic (exact) mass is 262 g/mol. The van der Waals surface area contributed by atoms with Crippen LogP contribution in [-0.2, 0) is 0 Å². The molecule has 1 aromatic rings.